The summed E-state index contributed by atoms with van der Waals surface area (Å²) in [5.74, 6) is -3.95. The topological polar surface area (TPSA) is 60.8 Å². The zero-order chi connectivity index (χ0) is 16.0. The number of nitrogens with zero attached hydrogens (tertiary/aromatic N) is 1. The maximum atomic E-state index is 15.0. The minimum absolute atomic E-state index is 0.177. The van der Waals surface area contributed by atoms with Gasteiger partial charge in [-0.05, 0) is 38.5 Å². The molecule has 21 heavy (non-hydrogen) atoms. The van der Waals surface area contributed by atoms with Gasteiger partial charge in [0.25, 0.3) is 0 Å². The highest BCUT2D eigenvalue weighted by Gasteiger charge is 2.55. The maximum Gasteiger partial charge on any atom is 0.343 e. The Morgan fingerprint density at radius 2 is 2.05 bits per heavy atom. The molecule has 2 N–H and O–H groups in total. The highest BCUT2D eigenvalue weighted by atomic mass is 19.1. The lowest BCUT2D eigenvalue weighted by Gasteiger charge is -2.31. The summed E-state index contributed by atoms with van der Waals surface area (Å²) in [7, 11) is 0. The van der Waals surface area contributed by atoms with Crippen molar-refractivity contribution in [3.8, 4) is 5.75 Å². The van der Waals surface area contributed by atoms with Crippen molar-refractivity contribution in [2.45, 2.75) is 37.9 Å². The molecule has 0 saturated carbocycles. The van der Waals surface area contributed by atoms with Gasteiger partial charge in [0.1, 0.15) is 0 Å². The summed E-state index contributed by atoms with van der Waals surface area (Å²) >= 11 is 0. The molecule has 1 aliphatic rings. The van der Waals surface area contributed by atoms with Crippen LogP contribution in [0, 0.1) is 5.82 Å². The van der Waals surface area contributed by atoms with Crippen LogP contribution in [0.15, 0.2) is 18.2 Å². The molecule has 0 radical (unpaired) electrons. The minimum atomic E-state index is -2.48. The monoisotopic (exact) mass is 299 g/mol. The summed E-state index contributed by atoms with van der Waals surface area (Å²) in [6, 6.07) is 3.49. The molecule has 1 saturated heterocycles. The van der Waals surface area contributed by atoms with Gasteiger partial charge in [0.05, 0.1) is 0 Å². The van der Waals surface area contributed by atoms with Crippen LogP contribution in [0.25, 0.3) is 0 Å². The van der Waals surface area contributed by atoms with Gasteiger partial charge in [0.2, 0.25) is 5.67 Å². The number of alkyl halides is 1. The normalized spacial score (nSPS) is 27.0. The number of rotatable bonds is 2. The van der Waals surface area contributed by atoms with Crippen LogP contribution in [0.5, 0.6) is 5.75 Å². The van der Waals surface area contributed by atoms with E-state index >= 15 is 0 Å². The van der Waals surface area contributed by atoms with Crippen molar-refractivity contribution >= 4 is 5.97 Å². The maximum absolute atomic E-state index is 15.0. The summed E-state index contributed by atoms with van der Waals surface area (Å²) in [6.07, 6.45) is 0. The highest BCUT2D eigenvalue weighted by Crippen LogP contribution is 2.42. The highest BCUT2D eigenvalue weighted by molar-refractivity contribution is 5.80. The van der Waals surface area contributed by atoms with E-state index in [0.29, 0.717) is 0 Å². The van der Waals surface area contributed by atoms with Gasteiger partial charge in [0.15, 0.2) is 11.6 Å². The Bertz CT molecular complexity index is 571. The van der Waals surface area contributed by atoms with E-state index in [1.54, 1.807) is 4.90 Å². The molecular weight excluding hydrogens is 280 g/mol. The smallest absolute Gasteiger partial charge is 0.343 e. The third kappa shape index (κ3) is 2.72. The largest absolute Gasteiger partial charge is 0.505 e. The number of carboxylic acids is 1. The van der Waals surface area contributed by atoms with Crippen LogP contribution in [0.2, 0.25) is 0 Å². The van der Waals surface area contributed by atoms with Crippen molar-refractivity contribution in [2.75, 3.05) is 13.1 Å². The predicted octanol–water partition coefficient (Wildman–Crippen LogP) is 2.52. The molecule has 0 unspecified atom stereocenters. The SMILES string of the molecule is CC(C)(C)N1C[C@@H](c2ccc(O)c(F)c2)[C@](F)(C(=O)O)C1. The molecule has 1 aliphatic heterocycles. The van der Waals surface area contributed by atoms with Crippen LogP contribution in [0.4, 0.5) is 8.78 Å². The van der Waals surface area contributed by atoms with E-state index in [1.165, 1.54) is 6.07 Å². The second kappa shape index (κ2) is 4.94. The molecule has 0 amide bonds. The molecule has 2 atom stereocenters. The number of phenols is 1. The van der Waals surface area contributed by atoms with E-state index in [4.69, 9.17) is 0 Å². The number of hydrogen-bond donors (Lipinski definition) is 2. The summed E-state index contributed by atoms with van der Waals surface area (Å²) in [5, 5.41) is 18.5. The van der Waals surface area contributed by atoms with Crippen molar-refractivity contribution in [1.82, 2.24) is 4.90 Å². The van der Waals surface area contributed by atoms with E-state index < -0.39 is 34.7 Å². The van der Waals surface area contributed by atoms with Gasteiger partial charge in [-0.1, -0.05) is 6.07 Å². The average Bonchev–Trinajstić information content (AvgIpc) is 2.72. The summed E-state index contributed by atoms with van der Waals surface area (Å²) < 4.78 is 28.5. The van der Waals surface area contributed by atoms with Crippen molar-refractivity contribution in [3.63, 3.8) is 0 Å². The van der Waals surface area contributed by atoms with Crippen molar-refractivity contribution in [3.05, 3.63) is 29.6 Å². The van der Waals surface area contributed by atoms with E-state index in [0.717, 1.165) is 12.1 Å². The Morgan fingerprint density at radius 3 is 2.52 bits per heavy atom. The van der Waals surface area contributed by atoms with Gasteiger partial charge >= 0.3 is 5.97 Å². The third-order valence-corrected chi connectivity index (χ3v) is 4.05. The zero-order valence-corrected chi connectivity index (χ0v) is 12.2. The van der Waals surface area contributed by atoms with E-state index in [2.05, 4.69) is 0 Å². The van der Waals surface area contributed by atoms with Gasteiger partial charge in [0, 0.05) is 24.5 Å². The molecule has 0 aromatic heterocycles. The number of carbonyl (C=O) groups is 1. The molecular formula is C15H19F2NO3. The fraction of sp³-hybridized carbons (Fsp3) is 0.533. The van der Waals surface area contributed by atoms with Crippen molar-refractivity contribution in [1.29, 1.82) is 0 Å². The first-order chi connectivity index (χ1) is 9.55. The number of phenolic OH excluding ortho intramolecular Hbond substituents is 1. The first kappa shape index (κ1) is 15.7. The molecule has 116 valence electrons. The van der Waals surface area contributed by atoms with Gasteiger partial charge in [-0.25, -0.2) is 13.6 Å². The molecule has 0 aliphatic carbocycles. The number of carboxylic acid groups (broad SMARTS) is 1. The standard InChI is InChI=1S/C15H19F2NO3/c1-14(2,3)18-7-10(15(17,8-18)13(20)21)9-4-5-12(19)11(16)6-9/h4-6,10,19H,7-8H2,1-3H3,(H,20,21)/t10-,15-/m0/s1. The molecule has 0 bridgehead atoms. The van der Waals surface area contributed by atoms with Gasteiger partial charge in [-0.2, -0.15) is 0 Å². The number of hydrogen-bond acceptors (Lipinski definition) is 3. The Kier molecular flexibility index (Phi) is 3.70. The lowest BCUT2D eigenvalue weighted by molar-refractivity contribution is -0.151. The average molecular weight is 299 g/mol. The molecule has 1 fully saturated rings. The Balaban J connectivity index is 2.44. The molecule has 2 rings (SSSR count). The fourth-order valence-corrected chi connectivity index (χ4v) is 2.65. The first-order valence-electron chi connectivity index (χ1n) is 6.71. The van der Waals surface area contributed by atoms with Gasteiger partial charge < -0.3 is 10.2 Å². The van der Waals surface area contributed by atoms with Crippen LogP contribution < -0.4 is 0 Å². The molecule has 4 nitrogen and oxygen atoms in total. The number of aliphatic carboxylic acids is 1. The predicted molar refractivity (Wildman–Crippen MR) is 73.6 cm³/mol. The molecule has 1 aromatic carbocycles. The van der Waals surface area contributed by atoms with Crippen LogP contribution >= 0.6 is 0 Å². The second-order valence-corrected chi connectivity index (χ2v) is 6.48. The van der Waals surface area contributed by atoms with Crippen molar-refractivity contribution in [2.24, 2.45) is 0 Å². The zero-order valence-electron chi connectivity index (χ0n) is 12.2. The minimum Gasteiger partial charge on any atom is -0.505 e. The number of aromatic hydroxyl groups is 1. The lowest BCUT2D eigenvalue weighted by Crippen LogP contribution is -2.44. The lowest BCUT2D eigenvalue weighted by atomic mass is 9.86. The quantitative estimate of drug-likeness (QED) is 0.881. The molecule has 6 heteroatoms. The fourth-order valence-electron chi connectivity index (χ4n) is 2.65. The summed E-state index contributed by atoms with van der Waals surface area (Å²) in [6.45, 7) is 5.54. The van der Waals surface area contributed by atoms with Crippen LogP contribution in [-0.4, -0.2) is 45.4 Å². The molecule has 1 aromatic rings. The Morgan fingerprint density at radius 1 is 1.43 bits per heavy atom. The van der Waals surface area contributed by atoms with Crippen LogP contribution in [0.1, 0.15) is 32.3 Å². The third-order valence-electron chi connectivity index (χ3n) is 4.05. The summed E-state index contributed by atoms with van der Waals surface area (Å²) in [5.41, 5.74) is -2.63. The van der Waals surface area contributed by atoms with Gasteiger partial charge in [-0.3, -0.25) is 4.90 Å². The van der Waals surface area contributed by atoms with Crippen LogP contribution in [-0.2, 0) is 4.79 Å². The molecule has 0 spiro atoms. The number of likely N-dealkylation sites (tertiary alicyclic amines) is 1. The Hall–Kier alpha value is -1.69. The number of halogens is 2. The number of benzene rings is 1. The second-order valence-electron chi connectivity index (χ2n) is 6.48. The van der Waals surface area contributed by atoms with E-state index in [-0.39, 0.29) is 18.7 Å². The van der Waals surface area contributed by atoms with Crippen molar-refractivity contribution < 1.29 is 23.8 Å². The van der Waals surface area contributed by atoms with Crippen LogP contribution in [0.3, 0.4) is 0 Å². The van der Waals surface area contributed by atoms with Gasteiger partial charge in [-0.15, -0.1) is 0 Å². The first-order valence-corrected chi connectivity index (χ1v) is 6.71. The molecule has 1 heterocycles. The Labute approximate surface area is 122 Å². The van der Waals surface area contributed by atoms with E-state index in [1.807, 2.05) is 20.8 Å². The van der Waals surface area contributed by atoms with E-state index in [9.17, 15) is 23.8 Å². The summed E-state index contributed by atoms with van der Waals surface area (Å²) in [4.78, 5) is 13.1.